The Morgan fingerprint density at radius 3 is 2.50 bits per heavy atom. The van der Waals surface area contributed by atoms with Crippen LogP contribution in [0.4, 0.5) is 10.3 Å². The molecular weight excluding hydrogens is 235 g/mol. The summed E-state index contributed by atoms with van der Waals surface area (Å²) >= 11 is 0. The van der Waals surface area contributed by atoms with E-state index in [1.54, 1.807) is 12.1 Å². The normalized spacial score (nSPS) is 16.5. The summed E-state index contributed by atoms with van der Waals surface area (Å²) in [5.74, 6) is -0.413. The molecule has 1 aromatic heterocycles. The van der Waals surface area contributed by atoms with E-state index in [1.165, 1.54) is 18.5 Å². The predicted molar refractivity (Wildman–Crippen MR) is 62.4 cm³/mol. The fourth-order valence-electron chi connectivity index (χ4n) is 2.11. The van der Waals surface area contributed by atoms with Gasteiger partial charge in [0.2, 0.25) is 5.95 Å². The topological polar surface area (TPSA) is 73.8 Å². The van der Waals surface area contributed by atoms with Gasteiger partial charge in [-0.3, -0.25) is 4.79 Å². The molecule has 0 radical (unpaired) electrons. The summed E-state index contributed by atoms with van der Waals surface area (Å²) in [6, 6.07) is 6.00. The number of nitrogen functional groups attached to an aromatic ring is 1. The number of anilines is 1. The first kappa shape index (κ1) is 10.9. The summed E-state index contributed by atoms with van der Waals surface area (Å²) in [6.45, 7) is 0. The second-order valence-corrected chi connectivity index (χ2v) is 4.44. The average molecular weight is 246 g/mol. The largest absolute Gasteiger partial charge is 0.366 e. The molecule has 2 N–H and O–H groups in total. The number of carbonyl (C=O) groups is 1. The Morgan fingerprint density at radius 2 is 2.00 bits per heavy atom. The fraction of sp³-hybridized carbons (Fsp3) is 0.250. The van der Waals surface area contributed by atoms with Crippen molar-refractivity contribution in [3.63, 3.8) is 0 Å². The van der Waals surface area contributed by atoms with E-state index >= 15 is 0 Å². The Morgan fingerprint density at radius 1 is 1.33 bits per heavy atom. The maximum atomic E-state index is 12.9. The molecule has 1 aliphatic rings. The van der Waals surface area contributed by atoms with E-state index in [1.807, 2.05) is 0 Å². The smallest absolute Gasteiger partial charge is 0.259 e. The van der Waals surface area contributed by atoms with Crippen molar-refractivity contribution in [2.45, 2.75) is 18.3 Å². The van der Waals surface area contributed by atoms with Crippen LogP contribution < -0.4 is 5.73 Å². The second-order valence-electron chi connectivity index (χ2n) is 4.44. The Kier molecular flexibility index (Phi) is 2.19. The first-order valence-corrected chi connectivity index (χ1v) is 5.60. The summed E-state index contributed by atoms with van der Waals surface area (Å²) in [5, 5.41) is 3.82. The van der Waals surface area contributed by atoms with E-state index in [2.05, 4.69) is 10.1 Å². The van der Waals surface area contributed by atoms with Crippen molar-refractivity contribution in [2.24, 2.45) is 0 Å². The molecular formula is C12H11FN4O. The van der Waals surface area contributed by atoms with E-state index in [4.69, 9.17) is 5.73 Å². The Hall–Kier alpha value is -2.24. The van der Waals surface area contributed by atoms with Crippen molar-refractivity contribution in [3.05, 3.63) is 42.0 Å². The quantitative estimate of drug-likeness (QED) is 0.868. The molecule has 1 heterocycles. The van der Waals surface area contributed by atoms with Crippen LogP contribution in [0.2, 0.25) is 0 Å². The van der Waals surface area contributed by atoms with E-state index in [0.29, 0.717) is 0 Å². The zero-order chi connectivity index (χ0) is 12.8. The van der Waals surface area contributed by atoms with Gasteiger partial charge in [0.15, 0.2) is 0 Å². The van der Waals surface area contributed by atoms with Crippen LogP contribution in [0.5, 0.6) is 0 Å². The Balaban J connectivity index is 1.96. The number of rotatable bonds is 2. The summed E-state index contributed by atoms with van der Waals surface area (Å²) in [6.07, 6.45) is 2.77. The highest BCUT2D eigenvalue weighted by atomic mass is 19.1. The minimum atomic E-state index is -0.589. The molecule has 0 aliphatic heterocycles. The number of hydrogen-bond acceptors (Lipinski definition) is 4. The monoisotopic (exact) mass is 246 g/mol. The van der Waals surface area contributed by atoms with Gasteiger partial charge in [-0.25, -0.2) is 9.37 Å². The lowest BCUT2D eigenvalue weighted by Gasteiger charge is -2.13. The van der Waals surface area contributed by atoms with Crippen molar-refractivity contribution in [1.82, 2.24) is 14.8 Å². The highest BCUT2D eigenvalue weighted by Crippen LogP contribution is 2.49. The molecule has 18 heavy (non-hydrogen) atoms. The van der Waals surface area contributed by atoms with Gasteiger partial charge in [0, 0.05) is 0 Å². The summed E-state index contributed by atoms with van der Waals surface area (Å²) < 4.78 is 14.1. The molecule has 1 aliphatic carbocycles. The molecule has 0 saturated heterocycles. The third kappa shape index (κ3) is 1.57. The third-order valence-corrected chi connectivity index (χ3v) is 3.27. The first-order valence-electron chi connectivity index (χ1n) is 5.60. The predicted octanol–water partition coefficient (Wildman–Crippen LogP) is 1.37. The summed E-state index contributed by atoms with van der Waals surface area (Å²) in [5.41, 5.74) is 5.61. The van der Waals surface area contributed by atoms with Gasteiger partial charge < -0.3 is 5.73 Å². The molecule has 3 rings (SSSR count). The first-order chi connectivity index (χ1) is 8.62. The summed E-state index contributed by atoms with van der Waals surface area (Å²) in [4.78, 5) is 16.1. The zero-order valence-corrected chi connectivity index (χ0v) is 9.51. The van der Waals surface area contributed by atoms with Gasteiger partial charge in [0.1, 0.15) is 12.1 Å². The average Bonchev–Trinajstić information content (AvgIpc) is 3.06. The Bertz CT molecular complexity index is 601. The van der Waals surface area contributed by atoms with Crippen molar-refractivity contribution >= 4 is 11.9 Å². The molecule has 5 nitrogen and oxygen atoms in total. The molecule has 1 saturated carbocycles. The van der Waals surface area contributed by atoms with Crippen LogP contribution >= 0.6 is 0 Å². The van der Waals surface area contributed by atoms with Gasteiger partial charge in [-0.15, -0.1) is 5.10 Å². The molecule has 0 unspecified atom stereocenters. The van der Waals surface area contributed by atoms with E-state index < -0.39 is 5.41 Å². The number of nitrogens with zero attached hydrogens (tertiary/aromatic N) is 3. The fourth-order valence-corrected chi connectivity index (χ4v) is 2.11. The Labute approximate surface area is 102 Å². The van der Waals surface area contributed by atoms with Crippen molar-refractivity contribution in [1.29, 1.82) is 0 Å². The van der Waals surface area contributed by atoms with E-state index in [-0.39, 0.29) is 17.7 Å². The molecule has 0 bridgehead atoms. The maximum Gasteiger partial charge on any atom is 0.259 e. The number of aromatic nitrogens is 3. The van der Waals surface area contributed by atoms with Crippen LogP contribution in [0.25, 0.3) is 0 Å². The van der Waals surface area contributed by atoms with Crippen molar-refractivity contribution in [3.8, 4) is 0 Å². The van der Waals surface area contributed by atoms with Gasteiger partial charge in [-0.2, -0.15) is 4.68 Å². The summed E-state index contributed by atoms with van der Waals surface area (Å²) in [7, 11) is 0. The van der Waals surface area contributed by atoms with Crippen molar-refractivity contribution in [2.75, 3.05) is 5.73 Å². The number of nitrogens with two attached hydrogens (primary N) is 1. The molecule has 1 fully saturated rings. The lowest BCUT2D eigenvalue weighted by molar-refractivity contribution is 0.0845. The van der Waals surface area contributed by atoms with Crippen LogP contribution in [0.3, 0.4) is 0 Å². The SMILES string of the molecule is Nc1ncn(C(=O)C2(c3ccc(F)cc3)CC2)n1. The lowest BCUT2D eigenvalue weighted by atomic mass is 9.95. The molecule has 2 aromatic rings. The van der Waals surface area contributed by atoms with E-state index in [0.717, 1.165) is 23.1 Å². The van der Waals surface area contributed by atoms with Gasteiger partial charge in [0.25, 0.3) is 5.91 Å². The zero-order valence-electron chi connectivity index (χ0n) is 9.51. The van der Waals surface area contributed by atoms with E-state index in [9.17, 15) is 9.18 Å². The molecule has 0 spiro atoms. The maximum absolute atomic E-state index is 12.9. The minimum Gasteiger partial charge on any atom is -0.366 e. The highest BCUT2D eigenvalue weighted by Gasteiger charge is 2.52. The van der Waals surface area contributed by atoms with Gasteiger partial charge >= 0.3 is 0 Å². The standard InChI is InChI=1S/C12H11FN4O/c13-9-3-1-8(2-4-9)12(5-6-12)10(18)17-7-15-11(14)16-17/h1-4,7H,5-6H2,(H2,14,16). The van der Waals surface area contributed by atoms with Crippen LogP contribution in [0, 0.1) is 5.82 Å². The number of carbonyl (C=O) groups excluding carboxylic acids is 1. The van der Waals surface area contributed by atoms with Crippen LogP contribution in [0.15, 0.2) is 30.6 Å². The number of benzene rings is 1. The van der Waals surface area contributed by atoms with Gasteiger partial charge in [-0.05, 0) is 30.5 Å². The van der Waals surface area contributed by atoms with Crippen LogP contribution in [0.1, 0.15) is 23.2 Å². The number of halogens is 1. The molecule has 0 amide bonds. The van der Waals surface area contributed by atoms with Crippen LogP contribution in [-0.4, -0.2) is 20.7 Å². The van der Waals surface area contributed by atoms with Gasteiger partial charge in [0.05, 0.1) is 5.41 Å². The van der Waals surface area contributed by atoms with Crippen LogP contribution in [-0.2, 0) is 5.41 Å². The molecule has 0 atom stereocenters. The lowest BCUT2D eigenvalue weighted by Crippen LogP contribution is -2.27. The van der Waals surface area contributed by atoms with Gasteiger partial charge in [-0.1, -0.05) is 12.1 Å². The minimum absolute atomic E-state index is 0.0678. The number of hydrogen-bond donors (Lipinski definition) is 1. The molecule has 6 heteroatoms. The molecule has 1 aromatic carbocycles. The van der Waals surface area contributed by atoms with Crippen molar-refractivity contribution < 1.29 is 9.18 Å². The molecule has 92 valence electrons. The third-order valence-electron chi connectivity index (χ3n) is 3.27. The second kappa shape index (κ2) is 3.63. The highest BCUT2D eigenvalue weighted by molar-refractivity contribution is 5.92.